The van der Waals surface area contributed by atoms with Gasteiger partial charge < -0.3 is 4.74 Å². The maximum absolute atomic E-state index is 11.8. The lowest BCUT2D eigenvalue weighted by Crippen LogP contribution is -2.29. The van der Waals surface area contributed by atoms with Crippen molar-refractivity contribution in [3.8, 4) is 0 Å². The minimum absolute atomic E-state index is 0.131. The van der Waals surface area contributed by atoms with Crippen LogP contribution in [-0.2, 0) is 11.8 Å². The normalized spacial score (nSPS) is 17.1. The summed E-state index contributed by atoms with van der Waals surface area (Å²) in [6.45, 7) is 0. The number of hydrogen-bond acceptors (Lipinski definition) is 2. The van der Waals surface area contributed by atoms with Gasteiger partial charge in [-0.1, -0.05) is 6.42 Å². The summed E-state index contributed by atoms with van der Waals surface area (Å²) in [5, 5.41) is 0. The smallest absolute Gasteiger partial charge is 0.344 e. The number of aromatic nitrogens is 1. The van der Waals surface area contributed by atoms with Crippen LogP contribution in [0.4, 0.5) is 0 Å². The van der Waals surface area contributed by atoms with Gasteiger partial charge in [-0.25, -0.2) is 9.36 Å². The van der Waals surface area contributed by atoms with Gasteiger partial charge in [-0.15, -0.1) is 0 Å². The summed E-state index contributed by atoms with van der Waals surface area (Å²) >= 11 is 0. The van der Waals surface area contributed by atoms with Crippen molar-refractivity contribution in [3.05, 3.63) is 30.1 Å². The Hall–Kier alpha value is -1.38. The van der Waals surface area contributed by atoms with Crippen LogP contribution in [0.25, 0.3) is 0 Å². The highest BCUT2D eigenvalue weighted by molar-refractivity contribution is 5.88. The van der Waals surface area contributed by atoms with Crippen LogP contribution in [-0.4, -0.2) is 12.1 Å². The molecule has 0 atom stereocenters. The molecule has 16 heavy (non-hydrogen) atoms. The fourth-order valence-electron chi connectivity index (χ4n) is 2.11. The second kappa shape index (κ2) is 5.10. The zero-order valence-electron chi connectivity index (χ0n) is 9.69. The Labute approximate surface area is 96.0 Å². The van der Waals surface area contributed by atoms with Gasteiger partial charge >= 0.3 is 5.97 Å². The fraction of sp³-hybridized carbons (Fsp3) is 0.538. The fourth-order valence-corrected chi connectivity index (χ4v) is 2.11. The zero-order chi connectivity index (χ0) is 11.4. The summed E-state index contributed by atoms with van der Waals surface area (Å²) in [6.07, 6.45) is 9.50. The van der Waals surface area contributed by atoms with E-state index >= 15 is 0 Å². The molecule has 2 rings (SSSR count). The molecule has 0 spiro atoms. The molecule has 0 aromatic carbocycles. The van der Waals surface area contributed by atoms with Gasteiger partial charge in [0, 0.05) is 6.07 Å². The molecule has 1 aromatic heterocycles. The maximum atomic E-state index is 11.8. The van der Waals surface area contributed by atoms with Gasteiger partial charge in [0.2, 0.25) is 0 Å². The lowest BCUT2D eigenvalue weighted by Gasteiger charge is -2.21. The summed E-state index contributed by atoms with van der Waals surface area (Å²) < 4.78 is 7.34. The van der Waals surface area contributed by atoms with Crippen LogP contribution in [0, 0.1) is 0 Å². The molecule has 0 bridgehead atoms. The van der Waals surface area contributed by atoms with Gasteiger partial charge in [-0.2, -0.15) is 0 Å². The first-order chi connectivity index (χ1) is 7.75. The van der Waals surface area contributed by atoms with E-state index < -0.39 is 0 Å². The van der Waals surface area contributed by atoms with Crippen molar-refractivity contribution in [1.29, 1.82) is 0 Å². The Morgan fingerprint density at radius 1 is 1.38 bits per heavy atom. The first-order valence-electron chi connectivity index (χ1n) is 5.92. The third-order valence-corrected chi connectivity index (χ3v) is 3.00. The number of esters is 1. The summed E-state index contributed by atoms with van der Waals surface area (Å²) in [6, 6.07) is 3.66. The van der Waals surface area contributed by atoms with Gasteiger partial charge in [0.05, 0.1) is 0 Å². The molecule has 0 saturated heterocycles. The van der Waals surface area contributed by atoms with Crippen LogP contribution in [0.2, 0.25) is 0 Å². The molecule has 1 fully saturated rings. The SMILES string of the molecule is C[n+]1cccc(C(=O)OC2CCCCC2)c1. The molecule has 1 heterocycles. The van der Waals surface area contributed by atoms with Crippen molar-refractivity contribution in [1.82, 2.24) is 0 Å². The van der Waals surface area contributed by atoms with E-state index in [-0.39, 0.29) is 12.1 Å². The van der Waals surface area contributed by atoms with Crippen molar-refractivity contribution < 1.29 is 14.1 Å². The van der Waals surface area contributed by atoms with Crippen molar-refractivity contribution in [2.45, 2.75) is 38.2 Å². The molecule has 1 saturated carbocycles. The van der Waals surface area contributed by atoms with E-state index in [0.29, 0.717) is 5.56 Å². The van der Waals surface area contributed by atoms with E-state index in [0.717, 1.165) is 12.8 Å². The number of ether oxygens (including phenoxy) is 1. The third kappa shape index (κ3) is 2.81. The summed E-state index contributed by atoms with van der Waals surface area (Å²) in [7, 11) is 1.90. The Balaban J connectivity index is 1.97. The summed E-state index contributed by atoms with van der Waals surface area (Å²) in [4.78, 5) is 11.8. The number of carbonyl (C=O) groups is 1. The van der Waals surface area contributed by atoms with Gasteiger partial charge in [0.15, 0.2) is 12.4 Å². The number of pyridine rings is 1. The average molecular weight is 220 g/mol. The van der Waals surface area contributed by atoms with Gasteiger partial charge in [0.25, 0.3) is 0 Å². The van der Waals surface area contributed by atoms with Gasteiger partial charge in [-0.05, 0) is 31.7 Å². The Morgan fingerprint density at radius 3 is 2.81 bits per heavy atom. The van der Waals surface area contributed by atoms with Gasteiger partial charge in [0.1, 0.15) is 18.7 Å². The molecule has 0 unspecified atom stereocenters. The van der Waals surface area contributed by atoms with Crippen LogP contribution in [0.1, 0.15) is 42.5 Å². The Morgan fingerprint density at radius 2 is 2.12 bits per heavy atom. The molecule has 1 aliphatic carbocycles. The number of rotatable bonds is 2. The van der Waals surface area contributed by atoms with Crippen LogP contribution in [0.5, 0.6) is 0 Å². The molecular weight excluding hydrogens is 202 g/mol. The van der Waals surface area contributed by atoms with Crippen LogP contribution >= 0.6 is 0 Å². The zero-order valence-corrected chi connectivity index (χ0v) is 9.69. The van der Waals surface area contributed by atoms with E-state index in [9.17, 15) is 4.79 Å². The highest BCUT2D eigenvalue weighted by atomic mass is 16.5. The maximum Gasteiger partial charge on any atom is 0.344 e. The van der Waals surface area contributed by atoms with E-state index in [2.05, 4.69) is 0 Å². The molecule has 1 aromatic rings. The quantitative estimate of drug-likeness (QED) is 0.563. The van der Waals surface area contributed by atoms with Crippen molar-refractivity contribution in [3.63, 3.8) is 0 Å². The molecule has 3 heteroatoms. The van der Waals surface area contributed by atoms with E-state index in [1.54, 1.807) is 12.3 Å². The predicted molar refractivity (Wildman–Crippen MR) is 59.9 cm³/mol. The van der Waals surface area contributed by atoms with E-state index in [1.807, 2.05) is 23.9 Å². The third-order valence-electron chi connectivity index (χ3n) is 3.00. The number of aryl methyl sites for hydroxylation is 1. The number of carbonyl (C=O) groups excluding carboxylic acids is 1. The van der Waals surface area contributed by atoms with E-state index in [4.69, 9.17) is 4.74 Å². The average Bonchev–Trinajstić information content (AvgIpc) is 2.30. The minimum Gasteiger partial charge on any atom is -0.459 e. The second-order valence-corrected chi connectivity index (χ2v) is 4.42. The Bertz CT molecular complexity index is 370. The molecular formula is C13H18NO2+. The van der Waals surface area contributed by atoms with Crippen LogP contribution in [0.15, 0.2) is 24.5 Å². The summed E-state index contributed by atoms with van der Waals surface area (Å²) in [5.41, 5.74) is 0.635. The largest absolute Gasteiger partial charge is 0.459 e. The standard InChI is InChI=1S/C13H18NO2/c1-14-9-5-6-11(10-14)13(15)16-12-7-3-2-4-8-12/h5-6,9-10,12H,2-4,7-8H2,1H3/q+1. The minimum atomic E-state index is -0.192. The van der Waals surface area contributed by atoms with Crippen LogP contribution < -0.4 is 4.57 Å². The van der Waals surface area contributed by atoms with Crippen LogP contribution in [0.3, 0.4) is 0 Å². The molecule has 0 amide bonds. The summed E-state index contributed by atoms with van der Waals surface area (Å²) in [5.74, 6) is -0.192. The van der Waals surface area contributed by atoms with Gasteiger partial charge in [-0.3, -0.25) is 0 Å². The second-order valence-electron chi connectivity index (χ2n) is 4.42. The highest BCUT2D eigenvalue weighted by Crippen LogP contribution is 2.21. The Kier molecular flexibility index (Phi) is 3.54. The molecule has 0 aliphatic heterocycles. The monoisotopic (exact) mass is 220 g/mol. The van der Waals surface area contributed by atoms with Crippen molar-refractivity contribution >= 4 is 5.97 Å². The first kappa shape index (κ1) is 11.1. The van der Waals surface area contributed by atoms with E-state index in [1.165, 1.54) is 19.3 Å². The molecule has 0 radical (unpaired) electrons. The topological polar surface area (TPSA) is 30.2 Å². The molecule has 0 N–H and O–H groups in total. The first-order valence-corrected chi connectivity index (χ1v) is 5.92. The molecule has 3 nitrogen and oxygen atoms in total. The number of nitrogens with zero attached hydrogens (tertiary/aromatic N) is 1. The highest BCUT2D eigenvalue weighted by Gasteiger charge is 2.19. The lowest BCUT2D eigenvalue weighted by atomic mass is 9.98. The predicted octanol–water partition coefficient (Wildman–Crippen LogP) is 2.00. The molecule has 1 aliphatic rings. The lowest BCUT2D eigenvalue weighted by molar-refractivity contribution is -0.671. The molecule has 86 valence electrons. The number of hydrogen-bond donors (Lipinski definition) is 0. The van der Waals surface area contributed by atoms with Crippen molar-refractivity contribution in [2.24, 2.45) is 7.05 Å². The van der Waals surface area contributed by atoms with Crippen molar-refractivity contribution in [2.75, 3.05) is 0 Å².